The summed E-state index contributed by atoms with van der Waals surface area (Å²) >= 11 is 0. The van der Waals surface area contributed by atoms with E-state index in [0.717, 1.165) is 58.4 Å². The summed E-state index contributed by atoms with van der Waals surface area (Å²) in [5.41, 5.74) is 5.69. The van der Waals surface area contributed by atoms with Crippen LogP contribution in [0.1, 0.15) is 45.4 Å². The maximum absolute atomic E-state index is 12.5. The van der Waals surface area contributed by atoms with E-state index < -0.39 is 5.54 Å². The third-order valence-corrected chi connectivity index (χ3v) is 4.29. The van der Waals surface area contributed by atoms with Gasteiger partial charge in [-0.25, -0.2) is 0 Å². The molecule has 1 saturated heterocycles. The largest absolute Gasteiger partial charge is 0.381 e. The van der Waals surface area contributed by atoms with Gasteiger partial charge >= 0.3 is 0 Å². The fraction of sp³-hybridized carbons (Fsp3) is 0.929. The number of hydrogen-bond acceptors (Lipinski definition) is 3. The Kier molecular flexibility index (Phi) is 4.62. The minimum Gasteiger partial charge on any atom is -0.381 e. The van der Waals surface area contributed by atoms with E-state index in [9.17, 15) is 4.79 Å². The number of hydrogen-bond donors (Lipinski definition) is 1. The molecule has 0 aromatic carbocycles. The van der Waals surface area contributed by atoms with Gasteiger partial charge in [0.05, 0.1) is 12.1 Å². The second kappa shape index (κ2) is 6.02. The Balaban J connectivity index is 1.89. The molecule has 4 nitrogen and oxygen atoms in total. The number of nitrogens with two attached hydrogens (primary N) is 1. The fourth-order valence-electron chi connectivity index (χ4n) is 3.20. The SMILES string of the molecule is CCOCC1CCCN(C(=O)C2(N)CCCC2)C1. The third-order valence-electron chi connectivity index (χ3n) is 4.29. The highest BCUT2D eigenvalue weighted by atomic mass is 16.5. The van der Waals surface area contributed by atoms with Gasteiger partial charge in [0.2, 0.25) is 5.91 Å². The van der Waals surface area contributed by atoms with Crippen molar-refractivity contribution in [2.75, 3.05) is 26.3 Å². The Hall–Kier alpha value is -0.610. The molecule has 2 rings (SSSR count). The molecule has 1 amide bonds. The normalized spacial score (nSPS) is 27.4. The molecule has 1 aliphatic carbocycles. The van der Waals surface area contributed by atoms with E-state index in [1.165, 1.54) is 6.42 Å². The van der Waals surface area contributed by atoms with Gasteiger partial charge < -0.3 is 15.4 Å². The minimum absolute atomic E-state index is 0.182. The summed E-state index contributed by atoms with van der Waals surface area (Å²) in [6, 6.07) is 0. The molecule has 2 fully saturated rings. The van der Waals surface area contributed by atoms with Crippen molar-refractivity contribution in [2.45, 2.75) is 51.0 Å². The first kappa shape index (κ1) is 13.8. The van der Waals surface area contributed by atoms with Crippen LogP contribution in [0.25, 0.3) is 0 Å². The van der Waals surface area contributed by atoms with Crippen LogP contribution in [-0.4, -0.2) is 42.6 Å². The summed E-state index contributed by atoms with van der Waals surface area (Å²) in [6.07, 6.45) is 6.16. The van der Waals surface area contributed by atoms with Crippen LogP contribution in [0, 0.1) is 5.92 Å². The summed E-state index contributed by atoms with van der Waals surface area (Å²) in [5.74, 6) is 0.675. The predicted molar refractivity (Wildman–Crippen MR) is 71.2 cm³/mol. The smallest absolute Gasteiger partial charge is 0.242 e. The molecule has 4 heteroatoms. The first-order valence-corrected chi connectivity index (χ1v) is 7.32. The number of amides is 1. The van der Waals surface area contributed by atoms with Gasteiger partial charge in [-0.05, 0) is 38.5 Å². The zero-order chi connectivity index (χ0) is 13.0. The second-order valence-electron chi connectivity index (χ2n) is 5.78. The molecular formula is C14H26N2O2. The molecule has 0 aromatic heterocycles. The van der Waals surface area contributed by atoms with Crippen molar-refractivity contribution in [3.05, 3.63) is 0 Å². The van der Waals surface area contributed by atoms with Gasteiger partial charge in [0.1, 0.15) is 0 Å². The average Bonchev–Trinajstić information content (AvgIpc) is 2.84. The van der Waals surface area contributed by atoms with Crippen molar-refractivity contribution in [1.82, 2.24) is 4.90 Å². The molecule has 1 aliphatic heterocycles. The Morgan fingerprint density at radius 2 is 2.11 bits per heavy atom. The molecule has 1 atom stereocenters. The highest BCUT2D eigenvalue weighted by molar-refractivity contribution is 5.86. The van der Waals surface area contributed by atoms with Gasteiger partial charge in [-0.15, -0.1) is 0 Å². The average molecular weight is 254 g/mol. The standard InChI is InChI=1S/C14H26N2O2/c1-2-18-11-12-6-5-9-16(10-12)13(17)14(15)7-3-4-8-14/h12H,2-11,15H2,1H3. The highest BCUT2D eigenvalue weighted by Gasteiger charge is 2.40. The molecule has 0 radical (unpaired) electrons. The number of piperidine rings is 1. The number of carbonyl (C=O) groups excluding carboxylic acids is 1. The summed E-state index contributed by atoms with van der Waals surface area (Å²) in [4.78, 5) is 14.5. The molecule has 2 aliphatic rings. The quantitative estimate of drug-likeness (QED) is 0.828. The van der Waals surface area contributed by atoms with Gasteiger partial charge in [-0.3, -0.25) is 4.79 Å². The van der Waals surface area contributed by atoms with E-state index in [1.54, 1.807) is 0 Å². The number of carbonyl (C=O) groups is 1. The Labute approximate surface area is 110 Å². The van der Waals surface area contributed by atoms with E-state index in [-0.39, 0.29) is 5.91 Å². The van der Waals surface area contributed by atoms with Crippen LogP contribution in [0.4, 0.5) is 0 Å². The lowest BCUT2D eigenvalue weighted by Crippen LogP contribution is -2.56. The zero-order valence-corrected chi connectivity index (χ0v) is 11.5. The maximum Gasteiger partial charge on any atom is 0.242 e. The van der Waals surface area contributed by atoms with Crippen LogP contribution in [0.2, 0.25) is 0 Å². The Bertz CT molecular complexity index is 288. The Morgan fingerprint density at radius 3 is 2.78 bits per heavy atom. The summed E-state index contributed by atoms with van der Waals surface area (Å²) in [6.45, 7) is 5.25. The molecule has 1 unspecified atom stereocenters. The van der Waals surface area contributed by atoms with Crippen molar-refractivity contribution >= 4 is 5.91 Å². The molecule has 0 spiro atoms. The lowest BCUT2D eigenvalue weighted by molar-refractivity contribution is -0.139. The zero-order valence-electron chi connectivity index (χ0n) is 11.5. The topological polar surface area (TPSA) is 55.6 Å². The van der Waals surface area contributed by atoms with Gasteiger partial charge in [-0.2, -0.15) is 0 Å². The first-order chi connectivity index (χ1) is 8.65. The van der Waals surface area contributed by atoms with Crippen LogP contribution in [0.3, 0.4) is 0 Å². The van der Waals surface area contributed by atoms with Crippen molar-refractivity contribution in [3.63, 3.8) is 0 Å². The van der Waals surface area contributed by atoms with Gasteiger partial charge in [0.15, 0.2) is 0 Å². The highest BCUT2D eigenvalue weighted by Crippen LogP contribution is 2.30. The van der Waals surface area contributed by atoms with Crippen molar-refractivity contribution in [1.29, 1.82) is 0 Å². The van der Waals surface area contributed by atoms with Gasteiger partial charge in [0, 0.05) is 19.7 Å². The number of rotatable bonds is 4. The van der Waals surface area contributed by atoms with Gasteiger partial charge in [0.25, 0.3) is 0 Å². The minimum atomic E-state index is -0.562. The molecule has 1 heterocycles. The molecule has 18 heavy (non-hydrogen) atoms. The van der Waals surface area contributed by atoms with Crippen LogP contribution in [0.5, 0.6) is 0 Å². The predicted octanol–water partition coefficient (Wildman–Crippen LogP) is 1.53. The molecule has 1 saturated carbocycles. The number of likely N-dealkylation sites (tertiary alicyclic amines) is 1. The monoisotopic (exact) mass is 254 g/mol. The fourth-order valence-corrected chi connectivity index (χ4v) is 3.20. The van der Waals surface area contributed by atoms with Crippen molar-refractivity contribution in [2.24, 2.45) is 11.7 Å². The molecular weight excluding hydrogens is 228 g/mol. The van der Waals surface area contributed by atoms with E-state index in [0.29, 0.717) is 5.92 Å². The summed E-state index contributed by atoms with van der Waals surface area (Å²) in [5, 5.41) is 0. The molecule has 0 bridgehead atoms. The van der Waals surface area contributed by atoms with E-state index in [1.807, 2.05) is 11.8 Å². The van der Waals surface area contributed by atoms with E-state index in [4.69, 9.17) is 10.5 Å². The molecule has 2 N–H and O–H groups in total. The van der Waals surface area contributed by atoms with Crippen LogP contribution in [0.15, 0.2) is 0 Å². The van der Waals surface area contributed by atoms with Crippen LogP contribution >= 0.6 is 0 Å². The number of ether oxygens (including phenoxy) is 1. The number of nitrogens with zero attached hydrogens (tertiary/aromatic N) is 1. The van der Waals surface area contributed by atoms with Gasteiger partial charge in [-0.1, -0.05) is 12.8 Å². The lowest BCUT2D eigenvalue weighted by atomic mass is 9.93. The lowest BCUT2D eigenvalue weighted by Gasteiger charge is -2.37. The van der Waals surface area contributed by atoms with Crippen LogP contribution in [-0.2, 0) is 9.53 Å². The van der Waals surface area contributed by atoms with E-state index >= 15 is 0 Å². The van der Waals surface area contributed by atoms with Crippen molar-refractivity contribution in [3.8, 4) is 0 Å². The third kappa shape index (κ3) is 3.04. The Morgan fingerprint density at radius 1 is 1.39 bits per heavy atom. The van der Waals surface area contributed by atoms with Crippen molar-refractivity contribution < 1.29 is 9.53 Å². The maximum atomic E-state index is 12.5. The van der Waals surface area contributed by atoms with Crippen LogP contribution < -0.4 is 5.73 Å². The first-order valence-electron chi connectivity index (χ1n) is 7.32. The second-order valence-corrected chi connectivity index (χ2v) is 5.78. The summed E-state index contributed by atoms with van der Waals surface area (Å²) in [7, 11) is 0. The molecule has 0 aromatic rings. The molecule has 104 valence electrons. The van der Waals surface area contributed by atoms with E-state index in [2.05, 4.69) is 0 Å². The summed E-state index contributed by atoms with van der Waals surface area (Å²) < 4.78 is 5.48.